The molecule has 5 heteroatoms. The van der Waals surface area contributed by atoms with E-state index >= 15 is 0 Å². The third-order valence-electron chi connectivity index (χ3n) is 4.75. The van der Waals surface area contributed by atoms with Crippen LogP contribution in [0, 0.1) is 0 Å². The van der Waals surface area contributed by atoms with Crippen molar-refractivity contribution in [3.8, 4) is 0 Å². The van der Waals surface area contributed by atoms with Crippen LogP contribution < -0.4 is 0 Å². The maximum Gasteiger partial charge on any atom is 0.137 e. The molecule has 0 bridgehead atoms. The molecule has 0 spiro atoms. The molecular weight excluding hydrogens is 276 g/mol. The van der Waals surface area contributed by atoms with Gasteiger partial charge < -0.3 is 9.14 Å². The van der Waals surface area contributed by atoms with Crippen LogP contribution in [0.15, 0.2) is 30.6 Å². The Kier molecular flexibility index (Phi) is 4.10. The van der Waals surface area contributed by atoms with Crippen molar-refractivity contribution in [2.45, 2.75) is 25.5 Å². The zero-order valence-corrected chi connectivity index (χ0v) is 13.0. The molecule has 4 rings (SSSR count). The fourth-order valence-corrected chi connectivity index (χ4v) is 3.50. The summed E-state index contributed by atoms with van der Waals surface area (Å²) in [4.78, 5) is 9.76. The number of nitrogens with zero attached hydrogens (tertiary/aromatic N) is 4. The molecule has 1 atom stereocenters. The number of imidazole rings is 1. The van der Waals surface area contributed by atoms with Crippen LogP contribution in [0.5, 0.6) is 0 Å². The standard InChI is InChI=1S/C17H24N4O/c1-2-6-21-13-15(18-17(21)5-1)12-19-7-9-20(10-8-19)14-16-4-3-11-22-16/h1-2,5-6,13,16H,3-4,7-12,14H2/t16-/m1/s1. The molecular formula is C17H24N4O. The number of aromatic nitrogens is 2. The molecule has 0 aliphatic carbocycles. The minimum absolute atomic E-state index is 0.477. The Hall–Kier alpha value is -1.43. The van der Waals surface area contributed by atoms with Gasteiger partial charge in [0.1, 0.15) is 5.65 Å². The second-order valence-electron chi connectivity index (χ2n) is 6.41. The number of piperazine rings is 1. The summed E-state index contributed by atoms with van der Waals surface area (Å²) in [5.74, 6) is 0. The molecule has 0 saturated carbocycles. The Morgan fingerprint density at radius 2 is 2.00 bits per heavy atom. The van der Waals surface area contributed by atoms with E-state index in [0.29, 0.717) is 6.10 Å². The van der Waals surface area contributed by atoms with Gasteiger partial charge in [0.05, 0.1) is 11.8 Å². The number of hydrogen-bond acceptors (Lipinski definition) is 4. The van der Waals surface area contributed by atoms with Gasteiger partial charge in [0.15, 0.2) is 0 Å². The lowest BCUT2D eigenvalue weighted by molar-refractivity contribution is 0.0487. The average molecular weight is 300 g/mol. The monoisotopic (exact) mass is 300 g/mol. The molecule has 22 heavy (non-hydrogen) atoms. The number of hydrogen-bond donors (Lipinski definition) is 0. The van der Waals surface area contributed by atoms with Crippen molar-refractivity contribution in [2.75, 3.05) is 39.3 Å². The molecule has 2 aromatic rings. The van der Waals surface area contributed by atoms with Gasteiger partial charge in [-0.05, 0) is 25.0 Å². The predicted octanol–water partition coefficient (Wildman–Crippen LogP) is 1.63. The summed E-state index contributed by atoms with van der Waals surface area (Å²) in [5, 5.41) is 0. The molecule has 0 aromatic carbocycles. The van der Waals surface area contributed by atoms with Crippen molar-refractivity contribution in [3.63, 3.8) is 0 Å². The van der Waals surface area contributed by atoms with E-state index in [4.69, 9.17) is 9.72 Å². The van der Waals surface area contributed by atoms with E-state index < -0.39 is 0 Å². The zero-order valence-electron chi connectivity index (χ0n) is 13.0. The van der Waals surface area contributed by atoms with E-state index in [1.807, 2.05) is 12.1 Å². The van der Waals surface area contributed by atoms with Gasteiger partial charge in [-0.25, -0.2) is 4.98 Å². The van der Waals surface area contributed by atoms with Crippen molar-refractivity contribution in [2.24, 2.45) is 0 Å². The molecule has 0 amide bonds. The van der Waals surface area contributed by atoms with E-state index in [1.54, 1.807) is 0 Å². The molecule has 0 unspecified atom stereocenters. The number of fused-ring (bicyclic) bond motifs is 1. The van der Waals surface area contributed by atoms with Crippen molar-refractivity contribution in [1.29, 1.82) is 0 Å². The molecule has 0 N–H and O–H groups in total. The van der Waals surface area contributed by atoms with Crippen LogP contribution in [0.25, 0.3) is 5.65 Å². The summed E-state index contributed by atoms with van der Waals surface area (Å²) in [6.07, 6.45) is 7.16. The topological polar surface area (TPSA) is 33.0 Å². The minimum Gasteiger partial charge on any atom is -0.377 e. The number of rotatable bonds is 4. The average Bonchev–Trinajstić information content (AvgIpc) is 3.18. The molecule has 2 aliphatic heterocycles. The molecule has 2 aliphatic rings. The molecule has 0 radical (unpaired) electrons. The lowest BCUT2D eigenvalue weighted by atomic mass is 10.2. The van der Waals surface area contributed by atoms with Gasteiger partial charge >= 0.3 is 0 Å². The van der Waals surface area contributed by atoms with Crippen LogP contribution in [0.2, 0.25) is 0 Å². The maximum atomic E-state index is 5.74. The van der Waals surface area contributed by atoms with Crippen LogP contribution in [0.3, 0.4) is 0 Å². The molecule has 5 nitrogen and oxygen atoms in total. The first kappa shape index (κ1) is 14.2. The molecule has 118 valence electrons. The normalized spacial score (nSPS) is 24.3. The van der Waals surface area contributed by atoms with Crippen LogP contribution in [-0.2, 0) is 11.3 Å². The second kappa shape index (κ2) is 6.36. The highest BCUT2D eigenvalue weighted by Crippen LogP contribution is 2.15. The fourth-order valence-electron chi connectivity index (χ4n) is 3.50. The van der Waals surface area contributed by atoms with Gasteiger partial charge in [-0.15, -0.1) is 0 Å². The summed E-state index contributed by atoms with van der Waals surface area (Å²) in [6.45, 7) is 7.57. The van der Waals surface area contributed by atoms with Gasteiger partial charge in [-0.1, -0.05) is 6.07 Å². The predicted molar refractivity (Wildman–Crippen MR) is 85.9 cm³/mol. The first-order valence-electron chi connectivity index (χ1n) is 8.36. The van der Waals surface area contributed by atoms with Crippen molar-refractivity contribution < 1.29 is 4.74 Å². The Balaban J connectivity index is 1.29. The Bertz CT molecular complexity index is 579. The third-order valence-corrected chi connectivity index (χ3v) is 4.75. The highest BCUT2D eigenvalue weighted by atomic mass is 16.5. The quantitative estimate of drug-likeness (QED) is 0.859. The summed E-state index contributed by atoms with van der Waals surface area (Å²) < 4.78 is 7.84. The van der Waals surface area contributed by atoms with E-state index in [0.717, 1.165) is 51.5 Å². The van der Waals surface area contributed by atoms with Crippen LogP contribution >= 0.6 is 0 Å². The van der Waals surface area contributed by atoms with Crippen molar-refractivity contribution in [3.05, 3.63) is 36.3 Å². The summed E-state index contributed by atoms with van der Waals surface area (Å²) >= 11 is 0. The van der Waals surface area contributed by atoms with Crippen LogP contribution in [-0.4, -0.2) is 64.6 Å². The summed E-state index contributed by atoms with van der Waals surface area (Å²) in [5.41, 5.74) is 2.20. The van der Waals surface area contributed by atoms with Gasteiger partial charge in [-0.3, -0.25) is 9.80 Å². The first-order valence-corrected chi connectivity index (χ1v) is 8.36. The van der Waals surface area contributed by atoms with E-state index in [2.05, 4.69) is 32.7 Å². The second-order valence-corrected chi connectivity index (χ2v) is 6.41. The molecule has 2 aromatic heterocycles. The van der Waals surface area contributed by atoms with Crippen molar-refractivity contribution >= 4 is 5.65 Å². The summed E-state index contributed by atoms with van der Waals surface area (Å²) in [7, 11) is 0. The third kappa shape index (κ3) is 3.16. The van der Waals surface area contributed by atoms with E-state index in [1.165, 1.54) is 18.5 Å². The molecule has 4 heterocycles. The Morgan fingerprint density at radius 1 is 1.14 bits per heavy atom. The Labute approximate surface area is 131 Å². The van der Waals surface area contributed by atoms with Gasteiger partial charge in [0.25, 0.3) is 0 Å². The summed E-state index contributed by atoms with van der Waals surface area (Å²) in [6, 6.07) is 6.14. The SMILES string of the molecule is c1ccn2cc(CN3CCN(C[C@H]4CCCO4)CC3)nc2c1. The Morgan fingerprint density at radius 3 is 2.77 bits per heavy atom. The van der Waals surface area contributed by atoms with Crippen LogP contribution in [0.1, 0.15) is 18.5 Å². The van der Waals surface area contributed by atoms with Gasteiger partial charge in [-0.2, -0.15) is 0 Å². The highest BCUT2D eigenvalue weighted by Gasteiger charge is 2.23. The zero-order chi connectivity index (χ0) is 14.8. The minimum atomic E-state index is 0.477. The molecule has 2 saturated heterocycles. The van der Waals surface area contributed by atoms with E-state index in [-0.39, 0.29) is 0 Å². The van der Waals surface area contributed by atoms with Crippen molar-refractivity contribution in [1.82, 2.24) is 19.2 Å². The fraction of sp³-hybridized carbons (Fsp3) is 0.588. The molecule has 2 fully saturated rings. The number of ether oxygens (including phenoxy) is 1. The smallest absolute Gasteiger partial charge is 0.137 e. The largest absolute Gasteiger partial charge is 0.377 e. The first-order chi connectivity index (χ1) is 10.9. The highest BCUT2D eigenvalue weighted by molar-refractivity contribution is 5.39. The lowest BCUT2D eigenvalue weighted by Gasteiger charge is -2.35. The van der Waals surface area contributed by atoms with Gasteiger partial charge in [0, 0.05) is 58.3 Å². The lowest BCUT2D eigenvalue weighted by Crippen LogP contribution is -2.48. The van der Waals surface area contributed by atoms with E-state index in [9.17, 15) is 0 Å². The van der Waals surface area contributed by atoms with Crippen LogP contribution in [0.4, 0.5) is 0 Å². The van der Waals surface area contributed by atoms with Gasteiger partial charge in [0.2, 0.25) is 0 Å². The maximum absolute atomic E-state index is 5.74. The number of pyridine rings is 1.